The van der Waals surface area contributed by atoms with Crippen LogP contribution in [0.1, 0.15) is 37.0 Å². The zero-order chi connectivity index (χ0) is 22.2. The van der Waals surface area contributed by atoms with Crippen LogP contribution in [0, 0.1) is 5.92 Å². The molecule has 1 aliphatic heterocycles. The molecule has 0 spiro atoms. The molecule has 1 aliphatic rings. The third-order valence-corrected chi connectivity index (χ3v) is 5.37. The largest absolute Gasteiger partial charge is 0.380 e. The van der Waals surface area contributed by atoms with Gasteiger partial charge in [-0.15, -0.1) is 0 Å². The molecule has 1 fully saturated rings. The van der Waals surface area contributed by atoms with E-state index in [1.165, 1.54) is 0 Å². The van der Waals surface area contributed by atoms with Gasteiger partial charge < -0.3 is 20.9 Å². The number of hydrogen-bond donors (Lipinski definition) is 3. The van der Waals surface area contributed by atoms with Gasteiger partial charge in [0.2, 0.25) is 11.8 Å². The molecular formula is C24H30N4O3. The Morgan fingerprint density at radius 2 is 1.71 bits per heavy atom. The summed E-state index contributed by atoms with van der Waals surface area (Å²) in [5.41, 5.74) is 2.25. The third kappa shape index (κ3) is 6.31. The highest BCUT2D eigenvalue weighted by Crippen LogP contribution is 2.21. The van der Waals surface area contributed by atoms with Crippen LogP contribution in [0.4, 0.5) is 11.4 Å². The van der Waals surface area contributed by atoms with Crippen molar-refractivity contribution in [1.29, 1.82) is 0 Å². The maximum atomic E-state index is 12.3. The van der Waals surface area contributed by atoms with Crippen LogP contribution in [-0.2, 0) is 9.59 Å². The maximum absolute atomic E-state index is 12.3. The van der Waals surface area contributed by atoms with Gasteiger partial charge in [-0.2, -0.15) is 0 Å². The fraction of sp³-hybridized carbons (Fsp3) is 0.375. The number of para-hydroxylation sites is 1. The quantitative estimate of drug-likeness (QED) is 0.580. The molecule has 1 atom stereocenters. The molecule has 164 valence electrons. The van der Waals surface area contributed by atoms with E-state index in [1.807, 2.05) is 30.3 Å². The standard InChI is InChI=1S/C24H30N4O3/c1-17(2)21(27-19-7-4-3-5-8-19)15-25-22(29)16-26-24(31)18-10-12-20(13-11-18)28-14-6-9-23(28)30/h3-5,7-8,10-13,17,21,27H,6,9,14-16H2,1-2H3,(H,25,29)(H,26,31). The molecule has 7 nitrogen and oxygen atoms in total. The molecule has 3 N–H and O–H groups in total. The lowest BCUT2D eigenvalue weighted by Gasteiger charge is -2.24. The van der Waals surface area contributed by atoms with Gasteiger partial charge in [0, 0.05) is 42.5 Å². The summed E-state index contributed by atoms with van der Waals surface area (Å²) < 4.78 is 0. The van der Waals surface area contributed by atoms with E-state index < -0.39 is 0 Å². The van der Waals surface area contributed by atoms with E-state index in [9.17, 15) is 14.4 Å². The van der Waals surface area contributed by atoms with Crippen LogP contribution in [0.2, 0.25) is 0 Å². The Morgan fingerprint density at radius 1 is 1.00 bits per heavy atom. The predicted octanol–water partition coefficient (Wildman–Crippen LogP) is 2.80. The van der Waals surface area contributed by atoms with E-state index in [4.69, 9.17) is 0 Å². The topological polar surface area (TPSA) is 90.5 Å². The molecule has 0 radical (unpaired) electrons. The molecule has 0 aliphatic carbocycles. The Balaban J connectivity index is 1.45. The van der Waals surface area contributed by atoms with Crippen molar-refractivity contribution in [3.05, 3.63) is 60.2 Å². The molecule has 0 saturated carbocycles. The van der Waals surface area contributed by atoms with Crippen molar-refractivity contribution in [3.63, 3.8) is 0 Å². The van der Waals surface area contributed by atoms with Gasteiger partial charge in [-0.3, -0.25) is 14.4 Å². The summed E-state index contributed by atoms with van der Waals surface area (Å²) in [7, 11) is 0. The Bertz CT molecular complexity index is 897. The van der Waals surface area contributed by atoms with E-state index in [2.05, 4.69) is 29.8 Å². The number of nitrogens with zero attached hydrogens (tertiary/aromatic N) is 1. The fourth-order valence-corrected chi connectivity index (χ4v) is 3.46. The highest BCUT2D eigenvalue weighted by Gasteiger charge is 2.21. The molecular weight excluding hydrogens is 392 g/mol. The van der Waals surface area contributed by atoms with Crippen LogP contribution >= 0.6 is 0 Å². The van der Waals surface area contributed by atoms with E-state index in [0.29, 0.717) is 31.0 Å². The van der Waals surface area contributed by atoms with Crippen molar-refractivity contribution >= 4 is 29.1 Å². The number of rotatable bonds is 9. The smallest absolute Gasteiger partial charge is 0.251 e. The second-order valence-corrected chi connectivity index (χ2v) is 8.04. The summed E-state index contributed by atoms with van der Waals surface area (Å²) in [4.78, 5) is 38.1. The van der Waals surface area contributed by atoms with Gasteiger partial charge in [0.05, 0.1) is 6.54 Å². The Hall–Kier alpha value is -3.35. The summed E-state index contributed by atoms with van der Waals surface area (Å²) >= 11 is 0. The zero-order valence-corrected chi connectivity index (χ0v) is 18.1. The average Bonchev–Trinajstić information content (AvgIpc) is 3.21. The second kappa shape index (κ2) is 10.6. The lowest BCUT2D eigenvalue weighted by molar-refractivity contribution is -0.120. The Kier molecular flexibility index (Phi) is 7.65. The third-order valence-electron chi connectivity index (χ3n) is 5.37. The SMILES string of the molecule is CC(C)C(CNC(=O)CNC(=O)c1ccc(N2CCCC2=O)cc1)Nc1ccccc1. The first kappa shape index (κ1) is 22.3. The van der Waals surface area contributed by atoms with E-state index >= 15 is 0 Å². The van der Waals surface area contributed by atoms with Crippen molar-refractivity contribution in [1.82, 2.24) is 10.6 Å². The van der Waals surface area contributed by atoms with Crippen LogP contribution in [-0.4, -0.2) is 43.4 Å². The molecule has 7 heteroatoms. The number of carbonyl (C=O) groups excluding carboxylic acids is 3. The normalized spacial score (nSPS) is 14.4. The molecule has 31 heavy (non-hydrogen) atoms. The first-order valence-electron chi connectivity index (χ1n) is 10.7. The molecule has 0 bridgehead atoms. The fourth-order valence-electron chi connectivity index (χ4n) is 3.46. The van der Waals surface area contributed by atoms with Crippen LogP contribution in [0.3, 0.4) is 0 Å². The summed E-state index contributed by atoms with van der Waals surface area (Å²) in [5, 5.41) is 8.96. The minimum Gasteiger partial charge on any atom is -0.380 e. The van der Waals surface area contributed by atoms with Crippen LogP contribution < -0.4 is 20.9 Å². The second-order valence-electron chi connectivity index (χ2n) is 8.04. The molecule has 2 aromatic carbocycles. The lowest BCUT2D eigenvalue weighted by atomic mass is 10.0. The minimum absolute atomic E-state index is 0.0721. The summed E-state index contributed by atoms with van der Waals surface area (Å²) in [5.74, 6) is -0.142. The Labute approximate surface area is 183 Å². The molecule has 1 saturated heterocycles. The van der Waals surface area contributed by atoms with E-state index in [1.54, 1.807) is 29.2 Å². The van der Waals surface area contributed by atoms with Gasteiger partial charge >= 0.3 is 0 Å². The van der Waals surface area contributed by atoms with Crippen molar-refractivity contribution in [2.24, 2.45) is 5.92 Å². The van der Waals surface area contributed by atoms with Crippen LogP contribution in [0.5, 0.6) is 0 Å². The monoisotopic (exact) mass is 422 g/mol. The minimum atomic E-state index is -0.322. The lowest BCUT2D eigenvalue weighted by Crippen LogP contribution is -2.43. The average molecular weight is 423 g/mol. The summed E-state index contributed by atoms with van der Waals surface area (Å²) in [6.45, 7) is 5.25. The van der Waals surface area contributed by atoms with Crippen molar-refractivity contribution in [2.45, 2.75) is 32.7 Å². The zero-order valence-electron chi connectivity index (χ0n) is 18.1. The first-order valence-corrected chi connectivity index (χ1v) is 10.7. The molecule has 1 unspecified atom stereocenters. The van der Waals surface area contributed by atoms with Gasteiger partial charge in [0.15, 0.2) is 0 Å². The number of hydrogen-bond acceptors (Lipinski definition) is 4. The highest BCUT2D eigenvalue weighted by molar-refractivity contribution is 5.98. The van der Waals surface area contributed by atoms with Gasteiger partial charge in [0.25, 0.3) is 5.91 Å². The van der Waals surface area contributed by atoms with Crippen molar-refractivity contribution in [2.75, 3.05) is 29.9 Å². The van der Waals surface area contributed by atoms with Gasteiger partial charge in [-0.25, -0.2) is 0 Å². The number of anilines is 2. The van der Waals surface area contributed by atoms with Gasteiger partial charge in [0.1, 0.15) is 0 Å². The van der Waals surface area contributed by atoms with Crippen molar-refractivity contribution < 1.29 is 14.4 Å². The van der Waals surface area contributed by atoms with Crippen LogP contribution in [0.15, 0.2) is 54.6 Å². The number of carbonyl (C=O) groups is 3. The summed E-state index contributed by atoms with van der Waals surface area (Å²) in [6, 6.07) is 16.8. The number of nitrogens with one attached hydrogen (secondary N) is 3. The Morgan fingerprint density at radius 3 is 2.32 bits per heavy atom. The first-order chi connectivity index (χ1) is 14.9. The van der Waals surface area contributed by atoms with Crippen LogP contribution in [0.25, 0.3) is 0 Å². The van der Waals surface area contributed by atoms with Gasteiger partial charge in [-0.1, -0.05) is 32.0 Å². The summed E-state index contributed by atoms with van der Waals surface area (Å²) in [6.07, 6.45) is 1.42. The molecule has 0 aromatic heterocycles. The highest BCUT2D eigenvalue weighted by atomic mass is 16.2. The van der Waals surface area contributed by atoms with Crippen molar-refractivity contribution in [3.8, 4) is 0 Å². The van der Waals surface area contributed by atoms with E-state index in [0.717, 1.165) is 17.8 Å². The predicted molar refractivity (Wildman–Crippen MR) is 122 cm³/mol. The molecule has 1 heterocycles. The molecule has 2 aromatic rings. The molecule has 3 amide bonds. The number of amides is 3. The number of benzene rings is 2. The molecule has 3 rings (SSSR count). The van der Waals surface area contributed by atoms with E-state index in [-0.39, 0.29) is 30.3 Å². The van der Waals surface area contributed by atoms with Gasteiger partial charge in [-0.05, 0) is 48.7 Å². The maximum Gasteiger partial charge on any atom is 0.251 e.